The predicted octanol–water partition coefficient (Wildman–Crippen LogP) is 2.02. The molecule has 1 aliphatic rings. The number of amides is 1. The Morgan fingerprint density at radius 3 is 2.22 bits per heavy atom. The van der Waals surface area contributed by atoms with Gasteiger partial charge in [-0.1, -0.05) is 0 Å². The Kier molecular flexibility index (Phi) is 5.35. The molecule has 5 nitrogen and oxygen atoms in total. The number of benzene rings is 1. The Hall–Kier alpha value is -1.96. The molecule has 0 aromatic heterocycles. The Bertz CT molecular complexity index is 555. The summed E-state index contributed by atoms with van der Waals surface area (Å²) < 4.78 is 47.4. The molecule has 0 N–H and O–H groups in total. The summed E-state index contributed by atoms with van der Waals surface area (Å²) in [4.78, 5) is 15.3. The van der Waals surface area contributed by atoms with E-state index in [2.05, 4.69) is 0 Å². The maximum Gasteiger partial charge on any atom is 0.401 e. The smallest absolute Gasteiger partial charge is 0.401 e. The average Bonchev–Trinajstić information content (AvgIpc) is 2.52. The van der Waals surface area contributed by atoms with Gasteiger partial charge in [0.1, 0.15) is 0 Å². The monoisotopic (exact) mass is 332 g/mol. The van der Waals surface area contributed by atoms with E-state index in [0.29, 0.717) is 17.1 Å². The number of ether oxygens (including phenoxy) is 2. The van der Waals surface area contributed by atoms with Gasteiger partial charge in [-0.15, -0.1) is 0 Å². The summed E-state index contributed by atoms with van der Waals surface area (Å²) in [5.41, 5.74) is 0.423. The third-order valence-electron chi connectivity index (χ3n) is 3.69. The summed E-state index contributed by atoms with van der Waals surface area (Å²) in [6, 6.07) is 4.82. The van der Waals surface area contributed by atoms with E-state index in [9.17, 15) is 18.0 Å². The van der Waals surface area contributed by atoms with Gasteiger partial charge in [0.2, 0.25) is 0 Å². The van der Waals surface area contributed by atoms with Crippen LogP contribution in [0.2, 0.25) is 0 Å². The van der Waals surface area contributed by atoms with E-state index in [1.807, 2.05) is 0 Å². The maximum atomic E-state index is 12.4. The van der Waals surface area contributed by atoms with E-state index in [4.69, 9.17) is 9.47 Å². The number of alkyl halides is 3. The summed E-state index contributed by atoms with van der Waals surface area (Å²) in [5, 5.41) is 0. The molecule has 1 aromatic rings. The van der Waals surface area contributed by atoms with E-state index in [1.165, 1.54) is 19.1 Å². The van der Waals surface area contributed by atoms with Crippen LogP contribution in [-0.4, -0.2) is 68.8 Å². The largest absolute Gasteiger partial charge is 0.493 e. The minimum atomic E-state index is -4.21. The Balaban J connectivity index is 2.00. The number of piperazine rings is 1. The molecule has 8 heteroatoms. The molecule has 1 aliphatic heterocycles. The van der Waals surface area contributed by atoms with Crippen LogP contribution in [0.15, 0.2) is 18.2 Å². The fourth-order valence-electron chi connectivity index (χ4n) is 2.51. The average molecular weight is 332 g/mol. The first-order valence-electron chi connectivity index (χ1n) is 7.14. The topological polar surface area (TPSA) is 42.0 Å². The van der Waals surface area contributed by atoms with Crippen LogP contribution in [-0.2, 0) is 0 Å². The van der Waals surface area contributed by atoms with Crippen LogP contribution >= 0.6 is 0 Å². The molecule has 128 valence electrons. The molecular weight excluding hydrogens is 313 g/mol. The molecule has 0 spiro atoms. The van der Waals surface area contributed by atoms with Crippen LogP contribution in [0.1, 0.15) is 10.4 Å². The fraction of sp³-hybridized carbons (Fsp3) is 0.533. The van der Waals surface area contributed by atoms with Gasteiger partial charge < -0.3 is 14.4 Å². The number of carbonyl (C=O) groups excluding carboxylic acids is 1. The van der Waals surface area contributed by atoms with E-state index in [0.717, 1.165) is 0 Å². The van der Waals surface area contributed by atoms with Crippen molar-refractivity contribution in [3.05, 3.63) is 23.8 Å². The zero-order chi connectivity index (χ0) is 17.0. The van der Waals surface area contributed by atoms with Crippen LogP contribution in [0, 0.1) is 0 Å². The van der Waals surface area contributed by atoms with Gasteiger partial charge in [0.05, 0.1) is 20.8 Å². The van der Waals surface area contributed by atoms with E-state index < -0.39 is 12.7 Å². The van der Waals surface area contributed by atoms with Crippen LogP contribution in [0.5, 0.6) is 11.5 Å². The molecule has 0 bridgehead atoms. The van der Waals surface area contributed by atoms with Crippen LogP contribution in [0.4, 0.5) is 13.2 Å². The summed E-state index contributed by atoms with van der Waals surface area (Å²) in [6.45, 7) is 0.00891. The Labute approximate surface area is 132 Å². The van der Waals surface area contributed by atoms with Crippen LogP contribution < -0.4 is 9.47 Å². The summed E-state index contributed by atoms with van der Waals surface area (Å²) in [7, 11) is 2.97. The van der Waals surface area contributed by atoms with Gasteiger partial charge in [0.25, 0.3) is 5.91 Å². The highest BCUT2D eigenvalue weighted by Gasteiger charge is 2.33. The Morgan fingerprint density at radius 2 is 1.70 bits per heavy atom. The normalized spacial score (nSPS) is 16.3. The molecule has 0 atom stereocenters. The summed E-state index contributed by atoms with van der Waals surface area (Å²) in [6.07, 6.45) is -4.21. The van der Waals surface area contributed by atoms with Crippen molar-refractivity contribution in [2.75, 3.05) is 46.9 Å². The maximum absolute atomic E-state index is 12.4. The molecule has 1 amide bonds. The molecule has 0 radical (unpaired) electrons. The highest BCUT2D eigenvalue weighted by atomic mass is 19.4. The van der Waals surface area contributed by atoms with Crippen LogP contribution in [0.25, 0.3) is 0 Å². The highest BCUT2D eigenvalue weighted by Crippen LogP contribution is 2.28. The number of hydrogen-bond acceptors (Lipinski definition) is 4. The van der Waals surface area contributed by atoms with Gasteiger partial charge in [-0.05, 0) is 18.2 Å². The van der Waals surface area contributed by atoms with Crippen LogP contribution in [0.3, 0.4) is 0 Å². The number of halogens is 3. The first-order valence-corrected chi connectivity index (χ1v) is 7.14. The number of rotatable bonds is 4. The second-order valence-electron chi connectivity index (χ2n) is 5.25. The SMILES string of the molecule is COc1ccc(C(=O)N2CCN(CC(F)(F)F)CC2)cc1OC. The lowest BCUT2D eigenvalue weighted by atomic mass is 10.1. The number of methoxy groups -OCH3 is 2. The molecule has 1 fully saturated rings. The van der Waals surface area contributed by atoms with Crippen molar-refractivity contribution < 1.29 is 27.4 Å². The molecule has 1 heterocycles. The van der Waals surface area contributed by atoms with Gasteiger partial charge in [-0.2, -0.15) is 13.2 Å². The van der Waals surface area contributed by atoms with E-state index >= 15 is 0 Å². The van der Waals surface area contributed by atoms with Crippen molar-refractivity contribution in [2.24, 2.45) is 0 Å². The molecule has 1 aromatic carbocycles. The molecule has 0 aliphatic carbocycles. The molecule has 0 unspecified atom stereocenters. The lowest BCUT2D eigenvalue weighted by Crippen LogP contribution is -2.50. The fourth-order valence-corrected chi connectivity index (χ4v) is 2.51. The van der Waals surface area contributed by atoms with Gasteiger partial charge in [-0.25, -0.2) is 0 Å². The number of nitrogens with zero attached hydrogens (tertiary/aromatic N) is 2. The number of carbonyl (C=O) groups is 1. The first kappa shape index (κ1) is 17.4. The lowest BCUT2D eigenvalue weighted by Gasteiger charge is -2.35. The quantitative estimate of drug-likeness (QED) is 0.846. The van der Waals surface area contributed by atoms with Crippen molar-refractivity contribution in [3.63, 3.8) is 0 Å². The molecule has 0 saturated carbocycles. The first-order chi connectivity index (χ1) is 10.8. The third-order valence-corrected chi connectivity index (χ3v) is 3.69. The van der Waals surface area contributed by atoms with Gasteiger partial charge in [-0.3, -0.25) is 9.69 Å². The van der Waals surface area contributed by atoms with Gasteiger partial charge in [0.15, 0.2) is 11.5 Å². The molecular formula is C15H19F3N2O3. The minimum absolute atomic E-state index is 0.207. The Morgan fingerprint density at radius 1 is 1.09 bits per heavy atom. The van der Waals surface area contributed by atoms with Gasteiger partial charge >= 0.3 is 6.18 Å². The minimum Gasteiger partial charge on any atom is -0.493 e. The van der Waals surface area contributed by atoms with Crippen molar-refractivity contribution in [3.8, 4) is 11.5 Å². The van der Waals surface area contributed by atoms with Crippen molar-refractivity contribution in [2.45, 2.75) is 6.18 Å². The molecule has 23 heavy (non-hydrogen) atoms. The van der Waals surface area contributed by atoms with Crippen molar-refractivity contribution >= 4 is 5.91 Å². The van der Waals surface area contributed by atoms with Crippen molar-refractivity contribution in [1.29, 1.82) is 0 Å². The number of hydrogen-bond donors (Lipinski definition) is 0. The second-order valence-corrected chi connectivity index (χ2v) is 5.25. The highest BCUT2D eigenvalue weighted by molar-refractivity contribution is 5.95. The van der Waals surface area contributed by atoms with Gasteiger partial charge in [0, 0.05) is 31.7 Å². The van der Waals surface area contributed by atoms with Crippen molar-refractivity contribution in [1.82, 2.24) is 9.80 Å². The summed E-state index contributed by atoms with van der Waals surface area (Å²) >= 11 is 0. The lowest BCUT2D eigenvalue weighted by molar-refractivity contribution is -0.148. The zero-order valence-electron chi connectivity index (χ0n) is 13.0. The van der Waals surface area contributed by atoms with E-state index in [1.54, 1.807) is 23.1 Å². The zero-order valence-corrected chi connectivity index (χ0v) is 13.0. The van der Waals surface area contributed by atoms with E-state index in [-0.39, 0.29) is 32.1 Å². The standard InChI is InChI=1S/C15H19F3N2O3/c1-22-12-4-3-11(9-13(12)23-2)14(21)20-7-5-19(6-8-20)10-15(16,17)18/h3-4,9H,5-8,10H2,1-2H3. The summed E-state index contributed by atoms with van der Waals surface area (Å²) in [5.74, 6) is 0.728. The third kappa shape index (κ3) is 4.51. The predicted molar refractivity (Wildman–Crippen MR) is 77.9 cm³/mol. The molecule has 2 rings (SSSR count). The second kappa shape index (κ2) is 7.08. The molecule has 1 saturated heterocycles.